The third kappa shape index (κ3) is 4.67. The van der Waals surface area contributed by atoms with Gasteiger partial charge in [-0.2, -0.15) is 0 Å². The van der Waals surface area contributed by atoms with E-state index in [1.807, 2.05) is 18.2 Å². The first-order valence-corrected chi connectivity index (χ1v) is 10.5. The second-order valence-corrected chi connectivity index (χ2v) is 8.11. The highest BCUT2D eigenvalue weighted by Crippen LogP contribution is 2.22. The van der Waals surface area contributed by atoms with Crippen LogP contribution in [0.3, 0.4) is 0 Å². The Hall–Kier alpha value is -2.93. The van der Waals surface area contributed by atoms with E-state index in [0.29, 0.717) is 24.6 Å². The smallest absolute Gasteiger partial charge is 0.272 e. The van der Waals surface area contributed by atoms with Crippen LogP contribution in [0.1, 0.15) is 12.5 Å². The first-order valence-electron chi connectivity index (χ1n) is 9.08. The molecule has 3 rings (SSSR count). The Balaban J connectivity index is 1.66. The summed E-state index contributed by atoms with van der Waals surface area (Å²) >= 11 is 0. The Morgan fingerprint density at radius 3 is 2.32 bits per heavy atom. The summed E-state index contributed by atoms with van der Waals surface area (Å²) in [5.41, 5.74) is 1.65. The van der Waals surface area contributed by atoms with Crippen molar-refractivity contribution < 1.29 is 17.8 Å². The Labute approximate surface area is 164 Å². The van der Waals surface area contributed by atoms with Gasteiger partial charge < -0.3 is 0 Å². The Kier molecular flexibility index (Phi) is 6.26. The summed E-state index contributed by atoms with van der Waals surface area (Å²) in [6.45, 7) is 2.78. The molecule has 0 radical (unpaired) electrons. The zero-order chi connectivity index (χ0) is 20.0. The number of para-hydroxylation sites is 1. The van der Waals surface area contributed by atoms with Crippen molar-refractivity contribution in [2.24, 2.45) is 0 Å². The van der Waals surface area contributed by atoms with Crippen LogP contribution in [0.5, 0.6) is 0 Å². The molecule has 3 aromatic rings. The lowest BCUT2D eigenvalue weighted by atomic mass is 10.1. The quantitative estimate of drug-likeness (QED) is 0.629. The zero-order valence-electron chi connectivity index (χ0n) is 15.6. The molecule has 1 aromatic heterocycles. The molecule has 2 N–H and O–H groups in total. The van der Waals surface area contributed by atoms with E-state index in [9.17, 15) is 12.8 Å². The summed E-state index contributed by atoms with van der Waals surface area (Å²) in [5, 5.41) is 3.20. The first kappa shape index (κ1) is 19.8. The number of halogens is 1. The fourth-order valence-electron chi connectivity index (χ4n) is 2.89. The van der Waals surface area contributed by atoms with Crippen LogP contribution in [0.2, 0.25) is 0 Å². The van der Waals surface area contributed by atoms with E-state index in [1.165, 1.54) is 22.6 Å². The fraction of sp³-hybridized carbons (Fsp3) is 0.190. The van der Waals surface area contributed by atoms with Crippen LogP contribution in [0.15, 0.2) is 77.8 Å². The molecule has 7 heteroatoms. The molecule has 2 aromatic carbocycles. The number of H-pyrrole nitrogens is 1. The first-order chi connectivity index (χ1) is 13.5. The lowest BCUT2D eigenvalue weighted by molar-refractivity contribution is -0.364. The number of hydrogen-bond acceptors (Lipinski definition) is 3. The molecule has 0 aliphatic carbocycles. The van der Waals surface area contributed by atoms with Gasteiger partial charge in [-0.15, -0.1) is 0 Å². The van der Waals surface area contributed by atoms with Gasteiger partial charge in [0.05, 0.1) is 12.2 Å². The van der Waals surface area contributed by atoms with Crippen molar-refractivity contribution >= 4 is 21.5 Å². The molecule has 146 valence electrons. The Morgan fingerprint density at radius 2 is 1.71 bits per heavy atom. The number of rotatable bonds is 8. The summed E-state index contributed by atoms with van der Waals surface area (Å²) in [7, 11) is -3.65. The number of aromatic amines is 1. The standard InChI is InChI=1S/C21H22FN3O2S/c1-2-25(19-6-4-3-5-7-19)28(26,27)20-12-13-21(24-16-20)23-15-14-17-8-10-18(22)11-9-17/h3-13,16H,2,14-15H2,1H3,(H,23,24)/p+1. The van der Waals surface area contributed by atoms with E-state index >= 15 is 0 Å². The minimum atomic E-state index is -3.65. The fourth-order valence-corrected chi connectivity index (χ4v) is 4.33. The highest BCUT2D eigenvalue weighted by atomic mass is 32.2. The van der Waals surface area contributed by atoms with Crippen LogP contribution in [0.4, 0.5) is 15.9 Å². The van der Waals surface area contributed by atoms with Crippen molar-refractivity contribution in [1.29, 1.82) is 0 Å². The van der Waals surface area contributed by atoms with E-state index in [1.54, 1.807) is 43.3 Å². The van der Waals surface area contributed by atoms with Crippen LogP contribution in [-0.4, -0.2) is 21.5 Å². The van der Waals surface area contributed by atoms with Gasteiger partial charge in [0.15, 0.2) is 0 Å². The van der Waals surface area contributed by atoms with Crippen molar-refractivity contribution in [3.05, 3.63) is 84.3 Å². The molecule has 0 fully saturated rings. The summed E-state index contributed by atoms with van der Waals surface area (Å²) in [6.07, 6.45) is 2.22. The minimum absolute atomic E-state index is 0.197. The van der Waals surface area contributed by atoms with Gasteiger partial charge in [-0.1, -0.05) is 30.3 Å². The van der Waals surface area contributed by atoms with Crippen LogP contribution >= 0.6 is 0 Å². The number of aromatic nitrogens is 1. The van der Waals surface area contributed by atoms with Gasteiger partial charge in [0.2, 0.25) is 0 Å². The SMILES string of the molecule is CCN(c1ccccc1)S(=O)(=O)c1ccc(NCCc2ccc(F)cc2)[nH+]c1. The molecule has 0 spiro atoms. The second-order valence-electron chi connectivity index (χ2n) is 6.25. The maximum atomic E-state index is 13.0. The van der Waals surface area contributed by atoms with E-state index in [-0.39, 0.29) is 10.7 Å². The molecule has 0 atom stereocenters. The molecule has 0 bridgehead atoms. The molecular formula is C21H23FN3O2S+. The van der Waals surface area contributed by atoms with Gasteiger partial charge in [-0.25, -0.2) is 17.8 Å². The number of nitrogens with one attached hydrogen (secondary N) is 2. The lowest BCUT2D eigenvalue weighted by Gasteiger charge is -2.22. The summed E-state index contributed by atoms with van der Waals surface area (Å²) in [4.78, 5) is 3.19. The van der Waals surface area contributed by atoms with Crippen LogP contribution in [0.25, 0.3) is 0 Å². The Morgan fingerprint density at radius 1 is 1.00 bits per heavy atom. The normalized spacial score (nSPS) is 11.2. The molecular weight excluding hydrogens is 377 g/mol. The van der Waals surface area contributed by atoms with E-state index in [4.69, 9.17) is 0 Å². The third-order valence-corrected chi connectivity index (χ3v) is 6.24. The van der Waals surface area contributed by atoms with Gasteiger partial charge >= 0.3 is 0 Å². The molecule has 0 aliphatic heterocycles. The molecule has 0 unspecified atom stereocenters. The largest absolute Gasteiger partial charge is 0.274 e. The van der Waals surface area contributed by atoms with E-state index < -0.39 is 10.0 Å². The summed E-state index contributed by atoms with van der Waals surface area (Å²) in [5.74, 6) is 0.460. The summed E-state index contributed by atoms with van der Waals surface area (Å²) in [6, 6.07) is 18.7. The Bertz CT molecular complexity index is 992. The highest BCUT2D eigenvalue weighted by molar-refractivity contribution is 7.92. The van der Waals surface area contributed by atoms with Gasteiger partial charge in [0.1, 0.15) is 16.9 Å². The number of sulfonamides is 1. The monoisotopic (exact) mass is 400 g/mol. The zero-order valence-corrected chi connectivity index (χ0v) is 16.4. The number of anilines is 2. The van der Waals surface area contributed by atoms with Crippen molar-refractivity contribution in [1.82, 2.24) is 0 Å². The van der Waals surface area contributed by atoms with Gasteiger partial charge in [-0.3, -0.25) is 9.62 Å². The molecule has 28 heavy (non-hydrogen) atoms. The van der Waals surface area contributed by atoms with Crippen LogP contribution in [-0.2, 0) is 16.4 Å². The number of pyridine rings is 1. The maximum Gasteiger partial charge on any atom is 0.272 e. The van der Waals surface area contributed by atoms with Crippen molar-refractivity contribution in [3.63, 3.8) is 0 Å². The van der Waals surface area contributed by atoms with E-state index in [0.717, 1.165) is 12.0 Å². The van der Waals surface area contributed by atoms with Crippen LogP contribution < -0.4 is 14.6 Å². The highest BCUT2D eigenvalue weighted by Gasteiger charge is 2.24. The molecule has 0 amide bonds. The number of nitrogens with zero attached hydrogens (tertiary/aromatic N) is 1. The average Bonchev–Trinajstić information content (AvgIpc) is 2.71. The predicted molar refractivity (Wildman–Crippen MR) is 108 cm³/mol. The van der Waals surface area contributed by atoms with Gasteiger partial charge in [0, 0.05) is 19.0 Å². The van der Waals surface area contributed by atoms with Gasteiger partial charge in [-0.05, 0) is 42.8 Å². The van der Waals surface area contributed by atoms with E-state index in [2.05, 4.69) is 10.3 Å². The lowest BCUT2D eigenvalue weighted by Crippen LogP contribution is -2.31. The molecule has 1 heterocycles. The van der Waals surface area contributed by atoms with Crippen molar-refractivity contribution in [2.75, 3.05) is 22.7 Å². The van der Waals surface area contributed by atoms with Crippen LogP contribution in [0, 0.1) is 5.82 Å². The van der Waals surface area contributed by atoms with Crippen molar-refractivity contribution in [3.8, 4) is 0 Å². The topological polar surface area (TPSA) is 63.6 Å². The number of benzene rings is 2. The maximum absolute atomic E-state index is 13.0. The average molecular weight is 400 g/mol. The van der Waals surface area contributed by atoms with Crippen molar-refractivity contribution in [2.45, 2.75) is 18.2 Å². The summed E-state index contributed by atoms with van der Waals surface area (Å²) < 4.78 is 40.2. The molecule has 0 saturated heterocycles. The molecule has 0 aliphatic rings. The third-order valence-electron chi connectivity index (χ3n) is 4.35. The number of hydrogen-bond donors (Lipinski definition) is 1. The predicted octanol–water partition coefficient (Wildman–Crippen LogP) is 3.51. The molecule has 5 nitrogen and oxygen atoms in total. The second kappa shape index (κ2) is 8.84. The molecule has 0 saturated carbocycles. The van der Waals surface area contributed by atoms with Gasteiger partial charge in [0.25, 0.3) is 15.8 Å². The minimum Gasteiger partial charge on any atom is -0.274 e.